The summed E-state index contributed by atoms with van der Waals surface area (Å²) in [6.45, 7) is 11.3. The predicted molar refractivity (Wildman–Crippen MR) is 104 cm³/mol. The number of piperidine rings is 1. The maximum atomic E-state index is 13.0. The van der Waals surface area contributed by atoms with Gasteiger partial charge >= 0.3 is 0 Å². The predicted octanol–water partition coefficient (Wildman–Crippen LogP) is 3.36. The van der Waals surface area contributed by atoms with Crippen molar-refractivity contribution in [2.75, 3.05) is 26.2 Å². The van der Waals surface area contributed by atoms with Crippen LogP contribution < -0.4 is 5.32 Å². The Morgan fingerprint density at radius 2 is 1.88 bits per heavy atom. The van der Waals surface area contributed by atoms with Crippen molar-refractivity contribution < 1.29 is 9.59 Å². The fourth-order valence-electron chi connectivity index (χ4n) is 3.68. The Bertz CT molecular complexity index is 590. The summed E-state index contributed by atoms with van der Waals surface area (Å²) in [6.07, 6.45) is 3.77. The van der Waals surface area contributed by atoms with Crippen LogP contribution in [-0.4, -0.2) is 47.8 Å². The van der Waals surface area contributed by atoms with Gasteiger partial charge in [0.15, 0.2) is 5.78 Å². The van der Waals surface area contributed by atoms with Gasteiger partial charge in [-0.05, 0) is 57.7 Å². The van der Waals surface area contributed by atoms with E-state index < -0.39 is 0 Å². The molecule has 0 atom stereocenters. The van der Waals surface area contributed by atoms with Gasteiger partial charge in [0.1, 0.15) is 5.69 Å². The molecule has 2 N–H and O–H groups in total. The molecule has 25 heavy (non-hydrogen) atoms. The second kappa shape index (κ2) is 9.97. The number of nitrogens with one attached hydrogen (secondary N) is 2. The first-order chi connectivity index (χ1) is 11.5. The molecule has 1 aromatic heterocycles. The number of rotatable bonds is 7. The number of ketones is 1. The Hall–Kier alpha value is -1.33. The molecule has 5 nitrogen and oxygen atoms in total. The molecule has 1 amide bonds. The summed E-state index contributed by atoms with van der Waals surface area (Å²) in [5, 5.41) is 3.40. The first-order valence-electron chi connectivity index (χ1n) is 9.21. The van der Waals surface area contributed by atoms with Crippen LogP contribution in [0, 0.1) is 12.8 Å². The Balaban J connectivity index is 0.00000312. The van der Waals surface area contributed by atoms with E-state index >= 15 is 0 Å². The number of carbonyl (C=O) groups excluding carboxylic acids is 2. The number of amides is 1. The number of hydrogen-bond donors (Lipinski definition) is 2. The lowest BCUT2D eigenvalue weighted by atomic mass is 9.95. The third kappa shape index (κ3) is 5.08. The Labute approximate surface area is 157 Å². The van der Waals surface area contributed by atoms with E-state index in [0.717, 1.165) is 63.1 Å². The monoisotopic (exact) mass is 369 g/mol. The summed E-state index contributed by atoms with van der Waals surface area (Å²) in [6, 6.07) is 0. The van der Waals surface area contributed by atoms with Crippen LogP contribution in [0.2, 0.25) is 0 Å². The largest absolute Gasteiger partial charge is 0.354 e. The molecular weight excluding hydrogens is 338 g/mol. The summed E-state index contributed by atoms with van der Waals surface area (Å²) < 4.78 is 0. The zero-order valence-electron chi connectivity index (χ0n) is 15.9. The van der Waals surface area contributed by atoms with Gasteiger partial charge in [0.2, 0.25) is 0 Å². The molecule has 0 saturated carbocycles. The fourth-order valence-corrected chi connectivity index (χ4v) is 3.68. The molecule has 2 rings (SSSR count). The first kappa shape index (κ1) is 21.7. The normalized spacial score (nSPS) is 15.1. The van der Waals surface area contributed by atoms with E-state index in [2.05, 4.69) is 24.1 Å². The third-order valence-corrected chi connectivity index (χ3v) is 4.94. The van der Waals surface area contributed by atoms with Gasteiger partial charge in [-0.15, -0.1) is 12.4 Å². The van der Waals surface area contributed by atoms with Crippen LogP contribution in [0.1, 0.15) is 72.1 Å². The van der Waals surface area contributed by atoms with Crippen LogP contribution in [0.3, 0.4) is 0 Å². The van der Waals surface area contributed by atoms with Crippen LogP contribution >= 0.6 is 12.4 Å². The molecule has 0 bridgehead atoms. The van der Waals surface area contributed by atoms with Crippen molar-refractivity contribution in [1.82, 2.24) is 15.2 Å². The molecular formula is C19H32ClN3O2. The van der Waals surface area contributed by atoms with E-state index in [0.29, 0.717) is 17.2 Å². The molecule has 2 heterocycles. The summed E-state index contributed by atoms with van der Waals surface area (Å²) >= 11 is 0. The number of likely N-dealkylation sites (tertiary alicyclic amines) is 1. The molecule has 0 radical (unpaired) electrons. The van der Waals surface area contributed by atoms with E-state index in [1.54, 1.807) is 6.92 Å². The molecule has 6 heteroatoms. The first-order valence-corrected chi connectivity index (χ1v) is 9.21. The van der Waals surface area contributed by atoms with Crippen LogP contribution in [0.4, 0.5) is 0 Å². The zero-order valence-corrected chi connectivity index (χ0v) is 16.7. The highest BCUT2D eigenvalue weighted by Gasteiger charge is 2.28. The van der Waals surface area contributed by atoms with E-state index in [4.69, 9.17) is 0 Å². The van der Waals surface area contributed by atoms with Gasteiger partial charge < -0.3 is 15.2 Å². The van der Waals surface area contributed by atoms with Crippen molar-refractivity contribution in [2.45, 2.75) is 53.4 Å². The summed E-state index contributed by atoms with van der Waals surface area (Å²) in [5.74, 6) is 0.744. The van der Waals surface area contributed by atoms with E-state index in [1.807, 2.05) is 11.8 Å². The van der Waals surface area contributed by atoms with E-state index in [1.165, 1.54) is 0 Å². The second-order valence-corrected chi connectivity index (χ2v) is 6.83. The number of Topliss-reactive ketones (excluding diaryl/α,β-unsaturated/α-hetero) is 1. The molecule has 0 aliphatic carbocycles. The van der Waals surface area contributed by atoms with Gasteiger partial charge in [0.25, 0.3) is 5.91 Å². The summed E-state index contributed by atoms with van der Waals surface area (Å²) in [5.41, 5.74) is 3.06. The van der Waals surface area contributed by atoms with Gasteiger partial charge in [-0.2, -0.15) is 0 Å². The maximum Gasteiger partial charge on any atom is 0.270 e. The lowest BCUT2D eigenvalue weighted by molar-refractivity contribution is 0.0683. The zero-order chi connectivity index (χ0) is 17.7. The quantitative estimate of drug-likeness (QED) is 0.724. The Kier molecular flexibility index (Phi) is 8.66. The van der Waals surface area contributed by atoms with Crippen molar-refractivity contribution in [3.63, 3.8) is 0 Å². The number of aryl methyl sites for hydroxylation is 1. The number of nitrogens with zero attached hydrogens (tertiary/aromatic N) is 1. The van der Waals surface area contributed by atoms with Gasteiger partial charge in [-0.3, -0.25) is 9.59 Å². The maximum absolute atomic E-state index is 13.0. The topological polar surface area (TPSA) is 65.2 Å². The minimum atomic E-state index is 0. The number of H-pyrrole nitrogens is 1. The molecule has 1 aliphatic rings. The summed E-state index contributed by atoms with van der Waals surface area (Å²) in [7, 11) is 0. The number of carbonyl (C=O) groups is 2. The SMILES string of the molecule is CCCc1c(C(=O)N2CCC(CNCC)CC2)[nH]c(C)c1C(C)=O.Cl. The number of aromatic amines is 1. The van der Waals surface area contributed by atoms with Crippen LogP contribution in [0.25, 0.3) is 0 Å². The van der Waals surface area contributed by atoms with Gasteiger partial charge in [-0.1, -0.05) is 20.3 Å². The standard InChI is InChI=1S/C19H31N3O2.ClH/c1-5-7-16-17(14(4)23)13(3)21-18(16)19(24)22-10-8-15(9-11-22)12-20-6-2;/h15,20-21H,5-12H2,1-4H3;1H. The van der Waals surface area contributed by atoms with Crippen LogP contribution in [-0.2, 0) is 6.42 Å². The van der Waals surface area contributed by atoms with Crippen molar-refractivity contribution in [1.29, 1.82) is 0 Å². The molecule has 0 aromatic carbocycles. The Morgan fingerprint density at radius 1 is 1.24 bits per heavy atom. The van der Waals surface area contributed by atoms with Crippen molar-refractivity contribution in [2.24, 2.45) is 5.92 Å². The van der Waals surface area contributed by atoms with Gasteiger partial charge in [0, 0.05) is 24.3 Å². The lowest BCUT2D eigenvalue weighted by Gasteiger charge is -2.32. The minimum Gasteiger partial charge on any atom is -0.354 e. The highest BCUT2D eigenvalue weighted by molar-refractivity contribution is 6.02. The van der Waals surface area contributed by atoms with Crippen molar-refractivity contribution in [3.8, 4) is 0 Å². The molecule has 142 valence electrons. The number of aromatic nitrogens is 1. The minimum absolute atomic E-state index is 0. The average Bonchev–Trinajstić information content (AvgIpc) is 2.89. The Morgan fingerprint density at radius 3 is 2.40 bits per heavy atom. The third-order valence-electron chi connectivity index (χ3n) is 4.94. The van der Waals surface area contributed by atoms with Crippen molar-refractivity contribution >= 4 is 24.1 Å². The smallest absolute Gasteiger partial charge is 0.270 e. The second-order valence-electron chi connectivity index (χ2n) is 6.83. The van der Waals surface area contributed by atoms with Crippen LogP contribution in [0.15, 0.2) is 0 Å². The summed E-state index contributed by atoms with van der Waals surface area (Å²) in [4.78, 5) is 30.1. The van der Waals surface area contributed by atoms with E-state index in [-0.39, 0.29) is 24.1 Å². The molecule has 0 unspecified atom stereocenters. The molecule has 1 aliphatic heterocycles. The van der Waals surface area contributed by atoms with Gasteiger partial charge in [-0.25, -0.2) is 0 Å². The van der Waals surface area contributed by atoms with E-state index in [9.17, 15) is 9.59 Å². The number of halogens is 1. The van der Waals surface area contributed by atoms with Crippen LogP contribution in [0.5, 0.6) is 0 Å². The number of hydrogen-bond acceptors (Lipinski definition) is 3. The fraction of sp³-hybridized carbons (Fsp3) is 0.684. The lowest BCUT2D eigenvalue weighted by Crippen LogP contribution is -2.41. The molecule has 0 spiro atoms. The molecule has 1 aromatic rings. The van der Waals surface area contributed by atoms with Gasteiger partial charge in [0.05, 0.1) is 0 Å². The van der Waals surface area contributed by atoms with Crippen molar-refractivity contribution in [3.05, 3.63) is 22.5 Å². The highest BCUT2D eigenvalue weighted by Crippen LogP contribution is 2.25. The molecule has 1 fully saturated rings. The highest BCUT2D eigenvalue weighted by atomic mass is 35.5. The average molecular weight is 370 g/mol. The molecule has 1 saturated heterocycles.